The lowest BCUT2D eigenvalue weighted by Crippen LogP contribution is -2.04. The van der Waals surface area contributed by atoms with Crippen LogP contribution in [0.15, 0.2) is 17.1 Å². The summed E-state index contributed by atoms with van der Waals surface area (Å²) in [6, 6.07) is 1.70. The first-order valence-corrected chi connectivity index (χ1v) is 4.70. The highest BCUT2D eigenvalue weighted by Crippen LogP contribution is 2.15. The van der Waals surface area contributed by atoms with Crippen LogP contribution in [-0.4, -0.2) is 9.97 Å². The summed E-state index contributed by atoms with van der Waals surface area (Å²) >= 11 is 7.74. The van der Waals surface area contributed by atoms with Crippen molar-refractivity contribution in [2.45, 2.75) is 0 Å². The van der Waals surface area contributed by atoms with E-state index in [9.17, 15) is 4.79 Å². The SMILES string of the molecule is O=c1c(Cl)c(I)[nH]c2[nH]ccc12. The molecule has 0 atom stereocenters. The number of nitrogens with one attached hydrogen (secondary N) is 2. The molecule has 0 radical (unpaired) electrons. The van der Waals surface area contributed by atoms with Crippen LogP contribution in [0, 0.1) is 3.70 Å². The Balaban J connectivity index is 3.05. The van der Waals surface area contributed by atoms with Crippen molar-refractivity contribution >= 4 is 45.2 Å². The first-order valence-electron chi connectivity index (χ1n) is 3.24. The normalized spacial score (nSPS) is 10.8. The number of fused-ring (bicyclic) bond motifs is 1. The van der Waals surface area contributed by atoms with Gasteiger partial charge in [-0.05, 0) is 28.7 Å². The lowest BCUT2D eigenvalue weighted by molar-refractivity contribution is 1.27. The molecule has 2 aromatic heterocycles. The Kier molecular flexibility index (Phi) is 1.88. The molecule has 2 rings (SSSR count). The molecule has 2 heterocycles. The highest BCUT2D eigenvalue weighted by Gasteiger charge is 2.07. The van der Waals surface area contributed by atoms with E-state index in [1.807, 2.05) is 22.6 Å². The number of hydrogen-bond donors (Lipinski definition) is 2. The van der Waals surface area contributed by atoms with Gasteiger partial charge in [0.1, 0.15) is 14.4 Å². The van der Waals surface area contributed by atoms with Crippen molar-refractivity contribution in [2.24, 2.45) is 0 Å². The fraction of sp³-hybridized carbons (Fsp3) is 0. The third kappa shape index (κ3) is 1.06. The van der Waals surface area contributed by atoms with Gasteiger partial charge in [0.25, 0.3) is 0 Å². The predicted octanol–water partition coefficient (Wildman–Crippen LogP) is 2.11. The number of aromatic amines is 2. The lowest BCUT2D eigenvalue weighted by atomic mass is 10.3. The average molecular weight is 294 g/mol. The smallest absolute Gasteiger partial charge is 0.210 e. The number of halogens is 2. The molecule has 62 valence electrons. The molecule has 5 heteroatoms. The highest BCUT2D eigenvalue weighted by molar-refractivity contribution is 14.1. The molecule has 0 bridgehead atoms. The van der Waals surface area contributed by atoms with Gasteiger partial charge in [-0.2, -0.15) is 0 Å². The van der Waals surface area contributed by atoms with Gasteiger partial charge in [0, 0.05) is 6.20 Å². The molecule has 0 aliphatic heterocycles. The maximum atomic E-state index is 11.4. The van der Waals surface area contributed by atoms with Crippen LogP contribution in [0.5, 0.6) is 0 Å². The van der Waals surface area contributed by atoms with E-state index in [4.69, 9.17) is 11.6 Å². The van der Waals surface area contributed by atoms with E-state index >= 15 is 0 Å². The third-order valence-electron chi connectivity index (χ3n) is 1.62. The van der Waals surface area contributed by atoms with Crippen LogP contribution in [0.3, 0.4) is 0 Å². The molecule has 0 unspecified atom stereocenters. The predicted molar refractivity (Wildman–Crippen MR) is 56.6 cm³/mol. The van der Waals surface area contributed by atoms with Crippen molar-refractivity contribution in [1.82, 2.24) is 9.97 Å². The number of hydrogen-bond acceptors (Lipinski definition) is 1. The summed E-state index contributed by atoms with van der Waals surface area (Å²) in [5.41, 5.74) is 0.588. The van der Waals surface area contributed by atoms with Crippen LogP contribution in [0.2, 0.25) is 5.02 Å². The molecule has 0 amide bonds. The first kappa shape index (κ1) is 8.12. The summed E-state index contributed by atoms with van der Waals surface area (Å²) in [6.07, 6.45) is 1.70. The maximum Gasteiger partial charge on any atom is 0.210 e. The quantitative estimate of drug-likeness (QED) is 0.567. The number of aromatic nitrogens is 2. The molecule has 0 aliphatic carbocycles. The Morgan fingerprint density at radius 1 is 1.50 bits per heavy atom. The molecule has 0 aromatic carbocycles. The van der Waals surface area contributed by atoms with Crippen LogP contribution in [-0.2, 0) is 0 Å². The molecule has 0 aliphatic rings. The zero-order valence-corrected chi connectivity index (χ0v) is 8.73. The van der Waals surface area contributed by atoms with Gasteiger partial charge >= 0.3 is 0 Å². The van der Waals surface area contributed by atoms with Crippen molar-refractivity contribution in [2.75, 3.05) is 0 Å². The van der Waals surface area contributed by atoms with E-state index in [0.717, 1.165) is 0 Å². The molecule has 2 aromatic rings. The monoisotopic (exact) mass is 294 g/mol. The van der Waals surface area contributed by atoms with E-state index in [0.29, 0.717) is 14.7 Å². The van der Waals surface area contributed by atoms with Gasteiger partial charge in [-0.15, -0.1) is 0 Å². The van der Waals surface area contributed by atoms with Crippen molar-refractivity contribution in [1.29, 1.82) is 0 Å². The minimum Gasteiger partial charge on any atom is -0.348 e. The molecule has 0 fully saturated rings. The van der Waals surface area contributed by atoms with E-state index in [1.54, 1.807) is 12.3 Å². The van der Waals surface area contributed by atoms with Crippen LogP contribution in [0.25, 0.3) is 11.0 Å². The van der Waals surface area contributed by atoms with Gasteiger partial charge in [-0.25, -0.2) is 0 Å². The van der Waals surface area contributed by atoms with E-state index in [1.165, 1.54) is 0 Å². The van der Waals surface area contributed by atoms with Crippen LogP contribution in [0.1, 0.15) is 0 Å². The second-order valence-corrected chi connectivity index (χ2v) is 3.81. The van der Waals surface area contributed by atoms with Crippen molar-refractivity contribution < 1.29 is 0 Å². The van der Waals surface area contributed by atoms with Crippen molar-refractivity contribution in [3.8, 4) is 0 Å². The second-order valence-electron chi connectivity index (χ2n) is 2.35. The van der Waals surface area contributed by atoms with E-state index < -0.39 is 0 Å². The Hall–Kier alpha value is -0.490. The summed E-state index contributed by atoms with van der Waals surface area (Å²) in [4.78, 5) is 17.3. The topological polar surface area (TPSA) is 48.6 Å². The first-order chi connectivity index (χ1) is 5.70. The number of H-pyrrole nitrogens is 2. The van der Waals surface area contributed by atoms with Crippen LogP contribution in [0.4, 0.5) is 0 Å². The Morgan fingerprint density at radius 3 is 3.00 bits per heavy atom. The summed E-state index contributed by atoms with van der Waals surface area (Å²) in [7, 11) is 0. The van der Waals surface area contributed by atoms with Crippen molar-refractivity contribution in [3.63, 3.8) is 0 Å². The Labute approximate surface area is 86.3 Å². The molecule has 0 saturated carbocycles. The summed E-state index contributed by atoms with van der Waals surface area (Å²) in [5.74, 6) is 0. The standard InChI is InChI=1S/C7H4ClIN2O/c8-4-5(12)3-1-2-10-7(3)11-6(4)9/h1-2H,(H2,10,11,12). The molecule has 3 nitrogen and oxygen atoms in total. The van der Waals surface area contributed by atoms with Gasteiger partial charge in [-0.3, -0.25) is 4.79 Å². The number of pyridine rings is 1. The minimum atomic E-state index is -0.129. The Morgan fingerprint density at radius 2 is 2.25 bits per heavy atom. The molecular weight excluding hydrogens is 290 g/mol. The van der Waals surface area contributed by atoms with E-state index in [-0.39, 0.29) is 10.5 Å². The zero-order chi connectivity index (χ0) is 8.72. The fourth-order valence-corrected chi connectivity index (χ4v) is 1.71. The van der Waals surface area contributed by atoms with Gasteiger partial charge < -0.3 is 9.97 Å². The van der Waals surface area contributed by atoms with Crippen LogP contribution < -0.4 is 5.43 Å². The fourth-order valence-electron chi connectivity index (χ4n) is 1.04. The average Bonchev–Trinajstić information content (AvgIpc) is 2.48. The summed E-state index contributed by atoms with van der Waals surface area (Å²) < 4.78 is 0.661. The van der Waals surface area contributed by atoms with Crippen LogP contribution >= 0.6 is 34.2 Å². The van der Waals surface area contributed by atoms with Gasteiger partial charge in [0.2, 0.25) is 5.43 Å². The third-order valence-corrected chi connectivity index (χ3v) is 3.11. The second kappa shape index (κ2) is 2.77. The van der Waals surface area contributed by atoms with Gasteiger partial charge in [0.05, 0.1) is 5.39 Å². The zero-order valence-electron chi connectivity index (χ0n) is 5.82. The summed E-state index contributed by atoms with van der Waals surface area (Å²) in [5, 5.41) is 0.850. The van der Waals surface area contributed by atoms with E-state index in [2.05, 4.69) is 9.97 Å². The lowest BCUT2D eigenvalue weighted by Gasteiger charge is -1.95. The summed E-state index contributed by atoms with van der Waals surface area (Å²) in [6.45, 7) is 0. The van der Waals surface area contributed by atoms with Gasteiger partial charge in [0.15, 0.2) is 0 Å². The molecule has 0 saturated heterocycles. The molecule has 12 heavy (non-hydrogen) atoms. The number of rotatable bonds is 0. The van der Waals surface area contributed by atoms with Gasteiger partial charge in [-0.1, -0.05) is 11.6 Å². The molecule has 0 spiro atoms. The molecular formula is C7H4ClIN2O. The maximum absolute atomic E-state index is 11.4. The Bertz CT molecular complexity index is 488. The van der Waals surface area contributed by atoms with Crippen molar-refractivity contribution in [3.05, 3.63) is 31.2 Å². The largest absolute Gasteiger partial charge is 0.348 e. The minimum absolute atomic E-state index is 0.129. The highest BCUT2D eigenvalue weighted by atomic mass is 127. The molecule has 2 N–H and O–H groups in total.